The van der Waals surface area contributed by atoms with Crippen LogP contribution < -0.4 is 5.73 Å². The topological polar surface area (TPSA) is 47.1 Å². The number of halogens is 1. The predicted octanol–water partition coefficient (Wildman–Crippen LogP) is 2.48. The van der Waals surface area contributed by atoms with Crippen molar-refractivity contribution in [3.05, 3.63) is 15.9 Å². The van der Waals surface area contributed by atoms with Gasteiger partial charge in [0, 0.05) is 25.0 Å². The van der Waals surface area contributed by atoms with E-state index in [2.05, 4.69) is 53.6 Å². The second-order valence-electron chi connectivity index (χ2n) is 5.61. The van der Waals surface area contributed by atoms with Gasteiger partial charge in [-0.1, -0.05) is 13.8 Å². The second kappa shape index (κ2) is 6.37. The molecule has 0 aliphatic heterocycles. The quantitative estimate of drug-likeness (QED) is 0.871. The van der Waals surface area contributed by atoms with Crippen LogP contribution in [0, 0.1) is 6.92 Å². The molecule has 0 spiro atoms. The van der Waals surface area contributed by atoms with Crippen LogP contribution >= 0.6 is 15.9 Å². The van der Waals surface area contributed by atoms with Gasteiger partial charge in [-0.15, -0.1) is 0 Å². The molecule has 4 nitrogen and oxygen atoms in total. The van der Waals surface area contributed by atoms with Gasteiger partial charge in [0.05, 0.1) is 15.9 Å². The van der Waals surface area contributed by atoms with Crippen molar-refractivity contribution >= 4 is 15.9 Å². The highest BCUT2D eigenvalue weighted by atomic mass is 79.9. The summed E-state index contributed by atoms with van der Waals surface area (Å²) >= 11 is 3.61. The fourth-order valence-corrected chi connectivity index (χ4v) is 3.13. The van der Waals surface area contributed by atoms with Crippen LogP contribution in [0.2, 0.25) is 0 Å². The first-order valence-corrected chi connectivity index (χ1v) is 7.73. The molecule has 1 aromatic heterocycles. The molecule has 1 aromatic rings. The van der Waals surface area contributed by atoms with E-state index < -0.39 is 0 Å². The first-order valence-electron chi connectivity index (χ1n) is 6.94. The minimum atomic E-state index is -0.0267. The standard InChI is InChI=1S/C14H27BrN4/c1-7-19(8-2)14(4,5)12(16)9-11-13(15)10(3)17-18(11)6/h12H,7-9,16H2,1-6H3. The van der Waals surface area contributed by atoms with Crippen LogP contribution in [0.1, 0.15) is 39.1 Å². The number of hydrogen-bond acceptors (Lipinski definition) is 3. The van der Waals surface area contributed by atoms with Crippen LogP contribution in [0.25, 0.3) is 0 Å². The third-order valence-corrected chi connectivity index (χ3v) is 5.19. The third kappa shape index (κ3) is 3.38. The van der Waals surface area contributed by atoms with E-state index in [1.54, 1.807) is 0 Å². The summed E-state index contributed by atoms with van der Waals surface area (Å²) < 4.78 is 3.01. The minimum absolute atomic E-state index is 0.0267. The summed E-state index contributed by atoms with van der Waals surface area (Å²) in [4.78, 5) is 2.41. The SMILES string of the molecule is CCN(CC)C(C)(C)C(N)Cc1c(Br)c(C)nn1C. The Morgan fingerprint density at radius 1 is 1.37 bits per heavy atom. The fourth-order valence-electron chi connectivity index (χ4n) is 2.63. The average Bonchev–Trinajstić information content (AvgIpc) is 2.57. The monoisotopic (exact) mass is 330 g/mol. The number of aromatic nitrogens is 2. The Morgan fingerprint density at radius 3 is 2.26 bits per heavy atom. The van der Waals surface area contributed by atoms with E-state index >= 15 is 0 Å². The van der Waals surface area contributed by atoms with Crippen molar-refractivity contribution in [3.8, 4) is 0 Å². The molecule has 0 fully saturated rings. The Hall–Kier alpha value is -0.390. The summed E-state index contributed by atoms with van der Waals surface area (Å²) in [6.07, 6.45) is 0.821. The van der Waals surface area contributed by atoms with Gasteiger partial charge in [-0.3, -0.25) is 9.58 Å². The lowest BCUT2D eigenvalue weighted by molar-refractivity contribution is 0.106. The number of likely N-dealkylation sites (N-methyl/N-ethyl adjacent to an activating group) is 1. The van der Waals surface area contributed by atoms with Crippen molar-refractivity contribution < 1.29 is 0 Å². The number of aryl methyl sites for hydroxylation is 2. The van der Waals surface area contributed by atoms with E-state index in [0.717, 1.165) is 29.7 Å². The molecular formula is C14H27BrN4. The van der Waals surface area contributed by atoms with Crippen molar-refractivity contribution in [2.45, 2.75) is 52.6 Å². The Balaban J connectivity index is 2.92. The first-order chi connectivity index (χ1) is 8.75. The highest BCUT2D eigenvalue weighted by Gasteiger charge is 2.32. The molecule has 1 atom stereocenters. The normalized spacial score (nSPS) is 14.2. The lowest BCUT2D eigenvalue weighted by Crippen LogP contribution is -2.57. The zero-order chi connectivity index (χ0) is 14.8. The fraction of sp³-hybridized carbons (Fsp3) is 0.786. The second-order valence-corrected chi connectivity index (χ2v) is 6.40. The summed E-state index contributed by atoms with van der Waals surface area (Å²) in [6, 6.07) is 0.0681. The van der Waals surface area contributed by atoms with E-state index in [-0.39, 0.29) is 11.6 Å². The molecule has 0 aliphatic rings. The van der Waals surface area contributed by atoms with Crippen molar-refractivity contribution in [1.82, 2.24) is 14.7 Å². The average molecular weight is 331 g/mol. The van der Waals surface area contributed by atoms with Crippen LogP contribution in [0.4, 0.5) is 0 Å². The largest absolute Gasteiger partial charge is 0.326 e. The van der Waals surface area contributed by atoms with Gasteiger partial charge in [-0.25, -0.2) is 0 Å². The zero-order valence-corrected chi connectivity index (χ0v) is 14.6. The molecular weight excluding hydrogens is 304 g/mol. The van der Waals surface area contributed by atoms with Gasteiger partial charge in [0.2, 0.25) is 0 Å². The molecule has 0 aliphatic carbocycles. The molecule has 1 rings (SSSR count). The predicted molar refractivity (Wildman–Crippen MR) is 84.3 cm³/mol. The minimum Gasteiger partial charge on any atom is -0.326 e. The molecule has 5 heteroatoms. The number of rotatable bonds is 6. The van der Waals surface area contributed by atoms with Crippen LogP contribution in [0.5, 0.6) is 0 Å². The van der Waals surface area contributed by atoms with Gasteiger partial charge in [0.25, 0.3) is 0 Å². The van der Waals surface area contributed by atoms with Crippen LogP contribution in [0.3, 0.4) is 0 Å². The highest BCUT2D eigenvalue weighted by molar-refractivity contribution is 9.10. The molecule has 19 heavy (non-hydrogen) atoms. The number of nitrogens with two attached hydrogens (primary N) is 1. The molecule has 0 aromatic carbocycles. The Morgan fingerprint density at radius 2 is 1.89 bits per heavy atom. The summed E-state index contributed by atoms with van der Waals surface area (Å²) in [6.45, 7) is 12.9. The Kier molecular flexibility index (Phi) is 5.59. The summed E-state index contributed by atoms with van der Waals surface area (Å²) in [5, 5.41) is 4.43. The van der Waals surface area contributed by atoms with E-state index in [1.807, 2.05) is 18.7 Å². The Labute approximate surface area is 125 Å². The maximum Gasteiger partial charge on any atom is 0.0738 e. The van der Waals surface area contributed by atoms with E-state index in [9.17, 15) is 0 Å². The first kappa shape index (κ1) is 16.7. The maximum absolute atomic E-state index is 6.48. The molecule has 110 valence electrons. The third-order valence-electron chi connectivity index (χ3n) is 4.16. The lowest BCUT2D eigenvalue weighted by atomic mass is 9.89. The van der Waals surface area contributed by atoms with Crippen LogP contribution in [-0.2, 0) is 13.5 Å². The molecule has 1 unspecified atom stereocenters. The molecule has 2 N–H and O–H groups in total. The summed E-state index contributed by atoms with van der Waals surface area (Å²) in [7, 11) is 1.98. The molecule has 0 bridgehead atoms. The van der Waals surface area contributed by atoms with E-state index in [1.165, 1.54) is 5.69 Å². The van der Waals surface area contributed by atoms with Crippen molar-refractivity contribution in [2.75, 3.05) is 13.1 Å². The van der Waals surface area contributed by atoms with Gasteiger partial charge >= 0.3 is 0 Å². The van der Waals surface area contributed by atoms with E-state index in [4.69, 9.17) is 5.73 Å². The molecule has 0 saturated heterocycles. The maximum atomic E-state index is 6.48. The van der Waals surface area contributed by atoms with Crippen molar-refractivity contribution in [2.24, 2.45) is 12.8 Å². The molecule has 0 radical (unpaired) electrons. The number of hydrogen-bond donors (Lipinski definition) is 1. The van der Waals surface area contributed by atoms with Gasteiger partial charge in [0.15, 0.2) is 0 Å². The summed E-state index contributed by atoms with van der Waals surface area (Å²) in [5.74, 6) is 0. The van der Waals surface area contributed by atoms with Gasteiger partial charge in [-0.2, -0.15) is 5.10 Å². The molecule has 0 saturated carbocycles. The van der Waals surface area contributed by atoms with Gasteiger partial charge < -0.3 is 5.73 Å². The lowest BCUT2D eigenvalue weighted by Gasteiger charge is -2.41. The molecule has 1 heterocycles. The van der Waals surface area contributed by atoms with Crippen LogP contribution in [-0.4, -0.2) is 39.4 Å². The smallest absolute Gasteiger partial charge is 0.0738 e. The Bertz CT molecular complexity index is 421. The molecule has 0 amide bonds. The summed E-state index contributed by atoms with van der Waals surface area (Å²) in [5.41, 5.74) is 8.64. The zero-order valence-electron chi connectivity index (χ0n) is 13.0. The highest BCUT2D eigenvalue weighted by Crippen LogP contribution is 2.25. The van der Waals surface area contributed by atoms with Gasteiger partial charge in [-0.05, 0) is 49.8 Å². The van der Waals surface area contributed by atoms with Crippen molar-refractivity contribution in [3.63, 3.8) is 0 Å². The van der Waals surface area contributed by atoms with E-state index in [0.29, 0.717) is 0 Å². The van der Waals surface area contributed by atoms with Gasteiger partial charge in [0.1, 0.15) is 0 Å². The van der Waals surface area contributed by atoms with Crippen molar-refractivity contribution in [1.29, 1.82) is 0 Å². The van der Waals surface area contributed by atoms with Crippen LogP contribution in [0.15, 0.2) is 4.47 Å². The number of nitrogens with zero attached hydrogens (tertiary/aromatic N) is 3.